The van der Waals surface area contributed by atoms with Gasteiger partial charge in [-0.2, -0.15) is 0 Å². The second kappa shape index (κ2) is 10.0. The lowest BCUT2D eigenvalue weighted by Crippen LogP contribution is -2.52. The minimum atomic E-state index is -0.301. The number of aromatic nitrogens is 2. The Kier molecular flexibility index (Phi) is 6.71. The minimum absolute atomic E-state index is 0.301. The zero-order valence-electron chi connectivity index (χ0n) is 26.1. The molecule has 0 unspecified atom stereocenters. The molecule has 3 saturated carbocycles. The minimum Gasteiger partial charge on any atom is -0.349 e. The van der Waals surface area contributed by atoms with Crippen molar-refractivity contribution in [2.24, 2.45) is 46.3 Å². The number of benzene rings is 1. The van der Waals surface area contributed by atoms with Crippen LogP contribution in [0.5, 0.6) is 0 Å². The van der Waals surface area contributed by atoms with E-state index in [-0.39, 0.29) is 5.79 Å². The van der Waals surface area contributed by atoms with E-state index in [9.17, 15) is 0 Å². The second-order valence-corrected chi connectivity index (χ2v) is 16.7. The summed E-state index contributed by atoms with van der Waals surface area (Å²) in [6.45, 7) is 11.9. The molecular weight excluding hydrogens is 584 g/mol. The van der Waals surface area contributed by atoms with Crippen molar-refractivity contribution < 1.29 is 14.0 Å². The van der Waals surface area contributed by atoms with E-state index in [1.165, 1.54) is 61.4 Å². The number of halogens is 1. The molecule has 1 aromatic heterocycles. The van der Waals surface area contributed by atoms with Crippen molar-refractivity contribution in [2.45, 2.75) is 110 Å². The number of ether oxygens (including phenoxy) is 2. The Hall–Kier alpha value is -1.43. The summed E-state index contributed by atoms with van der Waals surface area (Å²) in [5.74, 6) is 3.97. The summed E-state index contributed by atoms with van der Waals surface area (Å²) in [5, 5.41) is 0. The maximum Gasteiger partial charge on any atom is 0.244 e. The zero-order valence-corrected chi connectivity index (χ0v) is 27.7. The Morgan fingerprint density at radius 2 is 1.90 bits per heavy atom. The van der Waals surface area contributed by atoms with Crippen LogP contribution in [-0.2, 0) is 16.0 Å². The number of fused-ring (bicyclic) bond motifs is 7. The predicted octanol–water partition coefficient (Wildman–Crippen LogP) is 8.49. The van der Waals surface area contributed by atoms with Gasteiger partial charge in [0, 0.05) is 28.8 Å². The van der Waals surface area contributed by atoms with E-state index in [2.05, 4.69) is 102 Å². The first-order valence-corrected chi connectivity index (χ1v) is 17.8. The topological polar surface area (TPSA) is 27.3 Å². The van der Waals surface area contributed by atoms with Crippen LogP contribution in [0.4, 0.5) is 0 Å². The van der Waals surface area contributed by atoms with E-state index in [0.29, 0.717) is 40.7 Å². The third kappa shape index (κ3) is 4.15. The highest BCUT2D eigenvalue weighted by atomic mass is 79.9. The van der Waals surface area contributed by atoms with Crippen molar-refractivity contribution in [1.82, 2.24) is 4.57 Å². The molecule has 8 rings (SSSR count). The van der Waals surface area contributed by atoms with E-state index < -0.39 is 0 Å². The van der Waals surface area contributed by atoms with Crippen LogP contribution in [0.1, 0.15) is 97.1 Å². The van der Waals surface area contributed by atoms with Crippen LogP contribution in [0.3, 0.4) is 0 Å². The number of imidazole rings is 1. The Morgan fingerprint density at radius 1 is 1.05 bits per heavy atom. The van der Waals surface area contributed by atoms with Crippen LogP contribution >= 0.6 is 15.9 Å². The largest absolute Gasteiger partial charge is 0.349 e. The van der Waals surface area contributed by atoms with Crippen LogP contribution in [0.2, 0.25) is 0 Å². The molecule has 2 aromatic rings. The summed E-state index contributed by atoms with van der Waals surface area (Å²) in [7, 11) is 0. The Bertz CT molecular complexity index is 1380. The summed E-state index contributed by atoms with van der Waals surface area (Å²) in [6.07, 6.45) is 21.5. The summed E-state index contributed by atoms with van der Waals surface area (Å²) >= 11 is 3.72. The number of allylic oxidation sites excluding steroid dienone is 2. The average molecular weight is 635 g/mol. The zero-order chi connectivity index (χ0) is 28.9. The maximum absolute atomic E-state index is 7.01. The molecule has 6 aliphatic rings. The van der Waals surface area contributed by atoms with Crippen molar-refractivity contribution in [2.75, 3.05) is 6.61 Å². The SMILES string of the molecule is C[C@@H]1CC[C@@]2(OC1)O[C@H]1C[C@H]3[C@@H]4CC=C5C[C@H](n6cc[n+](Cc7ccccc7Br)c6)CC[C@]5(C)[C@H]4CC[C@]3(C)[C@H]1[C@@H]2C. The molecule has 4 aliphatic carbocycles. The van der Waals surface area contributed by atoms with E-state index in [0.717, 1.165) is 37.3 Å². The van der Waals surface area contributed by atoms with Gasteiger partial charge >= 0.3 is 0 Å². The summed E-state index contributed by atoms with van der Waals surface area (Å²) in [6, 6.07) is 9.14. The van der Waals surface area contributed by atoms with Crippen LogP contribution in [0, 0.1) is 46.3 Å². The Morgan fingerprint density at radius 3 is 2.71 bits per heavy atom. The average Bonchev–Trinajstić information content (AvgIpc) is 3.64. The molecular formula is C37H50BrN2O2+. The molecule has 0 radical (unpaired) electrons. The molecule has 2 saturated heterocycles. The van der Waals surface area contributed by atoms with E-state index in [1.807, 2.05) is 0 Å². The quantitative estimate of drug-likeness (QED) is 0.250. The summed E-state index contributed by atoms with van der Waals surface area (Å²) in [5.41, 5.74) is 3.86. The molecule has 226 valence electrons. The lowest BCUT2D eigenvalue weighted by molar-refractivity contribution is -0.688. The lowest BCUT2D eigenvalue weighted by atomic mass is 9.46. The molecule has 42 heavy (non-hydrogen) atoms. The molecule has 0 N–H and O–H groups in total. The normalized spacial score (nSPS) is 46.1. The number of hydrogen-bond acceptors (Lipinski definition) is 2. The van der Waals surface area contributed by atoms with E-state index >= 15 is 0 Å². The third-order valence-electron chi connectivity index (χ3n) is 13.8. The highest BCUT2D eigenvalue weighted by Crippen LogP contribution is 2.70. The van der Waals surface area contributed by atoms with Gasteiger partial charge in [-0.25, -0.2) is 9.13 Å². The lowest BCUT2D eigenvalue weighted by Gasteiger charge is -2.58. The molecule has 5 fully saturated rings. The molecule has 4 nitrogen and oxygen atoms in total. The molecule has 1 spiro atoms. The van der Waals surface area contributed by atoms with Gasteiger partial charge in [0.25, 0.3) is 0 Å². The monoisotopic (exact) mass is 633 g/mol. The van der Waals surface area contributed by atoms with Gasteiger partial charge in [0.1, 0.15) is 25.0 Å². The standard InChI is InChI=1S/C37H50BrN2O2/c1-24-11-16-37(41-22-24)25(2)34-33(42-37)20-31-29-10-9-27-19-28(12-14-35(27,3)30(29)13-15-36(31,34)4)40-18-17-39(23-40)21-26-7-5-6-8-32(26)38/h5-9,17-18,23-25,28-31,33-34H,10-16,19-22H2,1-4H3/q+1/t24-,25+,28-,29-,30+,31+,33+,34+,35+,36+,37-/m1/s1. The van der Waals surface area contributed by atoms with Gasteiger partial charge in [-0.15, -0.1) is 0 Å². The fourth-order valence-electron chi connectivity index (χ4n) is 11.5. The molecule has 3 heterocycles. The second-order valence-electron chi connectivity index (χ2n) is 15.8. The molecule has 5 heteroatoms. The molecule has 0 amide bonds. The van der Waals surface area contributed by atoms with Gasteiger partial charge in [0.05, 0.1) is 12.7 Å². The fourth-order valence-corrected chi connectivity index (χ4v) is 11.9. The first-order chi connectivity index (χ1) is 20.2. The van der Waals surface area contributed by atoms with Gasteiger partial charge < -0.3 is 9.47 Å². The van der Waals surface area contributed by atoms with Crippen molar-refractivity contribution in [1.29, 1.82) is 0 Å². The maximum atomic E-state index is 7.01. The van der Waals surface area contributed by atoms with Crippen LogP contribution in [0.15, 0.2) is 59.1 Å². The molecule has 11 atom stereocenters. The van der Waals surface area contributed by atoms with E-state index in [4.69, 9.17) is 9.47 Å². The summed E-state index contributed by atoms with van der Waals surface area (Å²) in [4.78, 5) is 0. The van der Waals surface area contributed by atoms with Gasteiger partial charge in [0.2, 0.25) is 6.33 Å². The van der Waals surface area contributed by atoms with Crippen LogP contribution in [-0.4, -0.2) is 23.1 Å². The van der Waals surface area contributed by atoms with Crippen molar-refractivity contribution >= 4 is 15.9 Å². The molecule has 1 aromatic carbocycles. The predicted molar refractivity (Wildman–Crippen MR) is 169 cm³/mol. The first-order valence-electron chi connectivity index (χ1n) is 17.0. The van der Waals surface area contributed by atoms with Crippen LogP contribution in [0.25, 0.3) is 0 Å². The molecule has 0 bridgehead atoms. The van der Waals surface area contributed by atoms with E-state index in [1.54, 1.807) is 5.57 Å². The fraction of sp³-hybridized carbons (Fsp3) is 0.703. The summed E-state index contributed by atoms with van der Waals surface area (Å²) < 4.78 is 19.6. The molecule has 2 aliphatic heterocycles. The van der Waals surface area contributed by atoms with Gasteiger partial charge in [0.15, 0.2) is 5.79 Å². The Labute approximate surface area is 261 Å². The van der Waals surface area contributed by atoms with Crippen molar-refractivity contribution in [3.05, 3.63) is 64.7 Å². The number of rotatable bonds is 3. The van der Waals surface area contributed by atoms with Crippen molar-refractivity contribution in [3.63, 3.8) is 0 Å². The number of hydrogen-bond donors (Lipinski definition) is 0. The first kappa shape index (κ1) is 28.1. The van der Waals surface area contributed by atoms with Crippen molar-refractivity contribution in [3.8, 4) is 0 Å². The Balaban J connectivity index is 0.987. The highest BCUT2D eigenvalue weighted by Gasteiger charge is 2.68. The van der Waals surface area contributed by atoms with Gasteiger partial charge in [-0.1, -0.05) is 73.5 Å². The third-order valence-corrected chi connectivity index (χ3v) is 14.6. The van der Waals surface area contributed by atoms with Gasteiger partial charge in [-0.05, 0) is 91.4 Å². The van der Waals surface area contributed by atoms with Gasteiger partial charge in [-0.3, -0.25) is 0 Å². The number of nitrogens with zero attached hydrogens (tertiary/aromatic N) is 2. The van der Waals surface area contributed by atoms with Crippen LogP contribution < -0.4 is 4.57 Å². The smallest absolute Gasteiger partial charge is 0.244 e. The highest BCUT2D eigenvalue weighted by molar-refractivity contribution is 9.10.